The number of carbonyl (C=O) groups is 3. The van der Waals surface area contributed by atoms with Gasteiger partial charge in [0.2, 0.25) is 0 Å². The second-order valence-electron chi connectivity index (χ2n) is 23.4. The van der Waals surface area contributed by atoms with Crippen LogP contribution in [0, 0.1) is 0 Å². The van der Waals surface area contributed by atoms with Gasteiger partial charge in [-0.2, -0.15) is 0 Å². The highest BCUT2D eigenvalue weighted by Gasteiger charge is 2.19. The maximum atomic E-state index is 12.9. The zero-order valence-electron chi connectivity index (χ0n) is 54.7. The van der Waals surface area contributed by atoms with E-state index in [1.807, 2.05) is 0 Å². The first-order chi connectivity index (χ1) is 41.0. The van der Waals surface area contributed by atoms with E-state index in [0.717, 1.165) is 109 Å². The van der Waals surface area contributed by atoms with Gasteiger partial charge >= 0.3 is 17.9 Å². The van der Waals surface area contributed by atoms with E-state index in [4.69, 9.17) is 14.2 Å². The van der Waals surface area contributed by atoms with Crippen molar-refractivity contribution in [2.45, 2.75) is 348 Å². The van der Waals surface area contributed by atoms with Crippen molar-refractivity contribution in [3.8, 4) is 0 Å². The lowest BCUT2D eigenvalue weighted by Crippen LogP contribution is -2.30. The van der Waals surface area contributed by atoms with Gasteiger partial charge in [0.05, 0.1) is 0 Å². The second kappa shape index (κ2) is 70.6. The molecule has 1 unspecified atom stereocenters. The fourth-order valence-corrected chi connectivity index (χ4v) is 9.94. The Balaban J connectivity index is 4.32. The zero-order valence-corrected chi connectivity index (χ0v) is 54.7. The third-order valence-electron chi connectivity index (χ3n) is 15.2. The summed E-state index contributed by atoms with van der Waals surface area (Å²) in [6.07, 6.45) is 96.7. The predicted molar refractivity (Wildman–Crippen MR) is 362 cm³/mol. The first-order valence-corrected chi connectivity index (χ1v) is 35.4. The largest absolute Gasteiger partial charge is 0.462 e. The molecule has 0 saturated heterocycles. The van der Waals surface area contributed by atoms with Crippen LogP contribution in [0.2, 0.25) is 0 Å². The molecule has 0 radical (unpaired) electrons. The Morgan fingerprint density at radius 1 is 0.253 bits per heavy atom. The number of unbranched alkanes of at least 4 members (excludes halogenated alkanes) is 35. The molecule has 83 heavy (non-hydrogen) atoms. The maximum absolute atomic E-state index is 12.9. The molecule has 0 N–H and O–H groups in total. The summed E-state index contributed by atoms with van der Waals surface area (Å²) in [6.45, 7) is 6.54. The van der Waals surface area contributed by atoms with Crippen molar-refractivity contribution in [3.05, 3.63) is 109 Å². The molecule has 6 nitrogen and oxygen atoms in total. The summed E-state index contributed by atoms with van der Waals surface area (Å²) in [4.78, 5) is 38.5. The number of rotatable bonds is 64. The molecule has 0 amide bonds. The summed E-state index contributed by atoms with van der Waals surface area (Å²) < 4.78 is 17.0. The van der Waals surface area contributed by atoms with E-state index in [1.165, 1.54) is 193 Å². The second-order valence-corrected chi connectivity index (χ2v) is 23.4. The molecule has 1 atom stereocenters. The highest BCUT2D eigenvalue weighted by molar-refractivity contribution is 5.71. The minimum atomic E-state index is -0.787. The van der Waals surface area contributed by atoms with Gasteiger partial charge in [0.25, 0.3) is 0 Å². The molecule has 6 heteroatoms. The van der Waals surface area contributed by atoms with Gasteiger partial charge in [-0.3, -0.25) is 14.4 Å². The number of hydrogen-bond acceptors (Lipinski definition) is 6. The maximum Gasteiger partial charge on any atom is 0.306 e. The minimum absolute atomic E-state index is 0.0821. The number of carbonyl (C=O) groups excluding carboxylic acids is 3. The Kier molecular flexibility index (Phi) is 67.2. The van der Waals surface area contributed by atoms with E-state index >= 15 is 0 Å². The molecule has 0 fully saturated rings. The molecule has 0 spiro atoms. The van der Waals surface area contributed by atoms with Crippen molar-refractivity contribution in [1.82, 2.24) is 0 Å². The SMILES string of the molecule is CC/C=C\C/C=C\C/C=C\C/C=C\C/C=C\C/C=C\C/C=C\CCCCCCCCCCCC(=O)OCC(COC(=O)CCCCCCCCC/C=C\CCCCCCCC)OC(=O)CCCCCCCCC/C=C\CCCCCCCC. The molecule has 0 saturated carbocycles. The molecule has 0 aromatic heterocycles. The standard InChI is InChI=1S/C77H132O6/c1-4-7-10-13-16-19-22-25-28-31-32-33-34-35-36-37-38-39-40-41-42-43-44-47-49-52-55-58-61-64-67-70-76(79)82-73-74(83-77(80)71-68-65-62-59-56-53-50-46-30-27-24-21-18-15-12-9-6-3)72-81-75(78)69-66-63-60-57-54-51-48-45-29-26-23-20-17-14-11-8-5-2/h7,10,16,19,25-30,32-33,35-36,38-39,41-42,74H,4-6,8-9,11-15,17-18,20-24,31,34,37,40,43-73H2,1-3H3/b10-7-,19-16-,28-25-,29-26-,30-27-,33-32-,36-35-,39-38-,42-41-. The topological polar surface area (TPSA) is 78.9 Å². The predicted octanol–water partition coefficient (Wildman–Crippen LogP) is 24.6. The Morgan fingerprint density at radius 2 is 0.470 bits per heavy atom. The monoisotopic (exact) mass is 1150 g/mol. The molecule has 0 aromatic carbocycles. The van der Waals surface area contributed by atoms with Gasteiger partial charge in [0.1, 0.15) is 13.2 Å². The van der Waals surface area contributed by atoms with Crippen LogP contribution in [-0.2, 0) is 28.6 Å². The van der Waals surface area contributed by atoms with Crippen LogP contribution in [0.25, 0.3) is 0 Å². The highest BCUT2D eigenvalue weighted by Crippen LogP contribution is 2.16. The smallest absolute Gasteiger partial charge is 0.306 e. The lowest BCUT2D eigenvalue weighted by molar-refractivity contribution is -0.167. The molecular weight excluding hydrogens is 1020 g/mol. The molecule has 0 aliphatic carbocycles. The van der Waals surface area contributed by atoms with Crippen molar-refractivity contribution in [1.29, 1.82) is 0 Å². The quantitative estimate of drug-likeness (QED) is 0.0261. The molecule has 0 bridgehead atoms. The van der Waals surface area contributed by atoms with Crippen LogP contribution in [0.1, 0.15) is 342 Å². The van der Waals surface area contributed by atoms with Crippen molar-refractivity contribution < 1.29 is 28.6 Å². The minimum Gasteiger partial charge on any atom is -0.462 e. The van der Waals surface area contributed by atoms with Crippen LogP contribution < -0.4 is 0 Å². The molecule has 476 valence electrons. The van der Waals surface area contributed by atoms with Gasteiger partial charge in [-0.15, -0.1) is 0 Å². The van der Waals surface area contributed by atoms with Crippen LogP contribution >= 0.6 is 0 Å². The summed E-state index contributed by atoms with van der Waals surface area (Å²) in [5.41, 5.74) is 0. The number of allylic oxidation sites excluding steroid dienone is 18. The first kappa shape index (κ1) is 79.1. The van der Waals surface area contributed by atoms with E-state index in [0.29, 0.717) is 19.3 Å². The number of esters is 3. The van der Waals surface area contributed by atoms with Crippen molar-refractivity contribution in [2.24, 2.45) is 0 Å². The summed E-state index contributed by atoms with van der Waals surface area (Å²) in [5.74, 6) is -0.883. The van der Waals surface area contributed by atoms with Gasteiger partial charge in [0, 0.05) is 19.3 Å². The molecule has 0 heterocycles. The van der Waals surface area contributed by atoms with Gasteiger partial charge in [-0.1, -0.05) is 304 Å². The number of ether oxygens (including phenoxy) is 3. The van der Waals surface area contributed by atoms with Crippen LogP contribution in [-0.4, -0.2) is 37.2 Å². The Morgan fingerprint density at radius 3 is 0.747 bits per heavy atom. The van der Waals surface area contributed by atoms with Crippen LogP contribution in [0.15, 0.2) is 109 Å². The molecule has 0 aliphatic rings. The van der Waals surface area contributed by atoms with Crippen LogP contribution in [0.5, 0.6) is 0 Å². The third-order valence-corrected chi connectivity index (χ3v) is 15.2. The van der Waals surface area contributed by atoms with E-state index in [9.17, 15) is 14.4 Å². The van der Waals surface area contributed by atoms with Crippen LogP contribution in [0.3, 0.4) is 0 Å². The normalized spacial score (nSPS) is 12.8. The van der Waals surface area contributed by atoms with Crippen LogP contribution in [0.4, 0.5) is 0 Å². The molecular formula is C77H132O6. The zero-order chi connectivity index (χ0) is 59.9. The number of hydrogen-bond donors (Lipinski definition) is 0. The van der Waals surface area contributed by atoms with Gasteiger partial charge < -0.3 is 14.2 Å². The summed E-state index contributed by atoms with van der Waals surface area (Å²) in [6, 6.07) is 0. The fourth-order valence-electron chi connectivity index (χ4n) is 9.94. The summed E-state index contributed by atoms with van der Waals surface area (Å²) in [7, 11) is 0. The fraction of sp³-hybridized carbons (Fsp3) is 0.727. The van der Waals surface area contributed by atoms with E-state index < -0.39 is 6.10 Å². The molecule has 0 rings (SSSR count). The highest BCUT2D eigenvalue weighted by atomic mass is 16.6. The van der Waals surface area contributed by atoms with E-state index in [1.54, 1.807) is 0 Å². The lowest BCUT2D eigenvalue weighted by Gasteiger charge is -2.18. The van der Waals surface area contributed by atoms with E-state index in [2.05, 4.69) is 130 Å². The first-order valence-electron chi connectivity index (χ1n) is 35.4. The third kappa shape index (κ3) is 68.7. The lowest BCUT2D eigenvalue weighted by atomic mass is 10.1. The van der Waals surface area contributed by atoms with Gasteiger partial charge in [0.15, 0.2) is 6.10 Å². The Bertz CT molecular complexity index is 1660. The Hall–Kier alpha value is -3.93. The van der Waals surface area contributed by atoms with Crippen molar-refractivity contribution in [3.63, 3.8) is 0 Å². The Labute approximate surface area is 514 Å². The summed E-state index contributed by atoms with van der Waals surface area (Å²) >= 11 is 0. The van der Waals surface area contributed by atoms with Crippen molar-refractivity contribution in [2.75, 3.05) is 13.2 Å². The molecule has 0 aliphatic heterocycles. The summed E-state index contributed by atoms with van der Waals surface area (Å²) in [5, 5.41) is 0. The average molecular weight is 1150 g/mol. The van der Waals surface area contributed by atoms with Crippen molar-refractivity contribution >= 4 is 17.9 Å². The van der Waals surface area contributed by atoms with E-state index in [-0.39, 0.29) is 31.1 Å². The van der Waals surface area contributed by atoms with Gasteiger partial charge in [-0.25, -0.2) is 0 Å². The van der Waals surface area contributed by atoms with Gasteiger partial charge in [-0.05, 0) is 128 Å². The molecule has 0 aromatic rings. The average Bonchev–Trinajstić information content (AvgIpc) is 3.49.